The summed E-state index contributed by atoms with van der Waals surface area (Å²) in [5.41, 5.74) is 0.655. The Morgan fingerprint density at radius 1 is 1.06 bits per heavy atom. The molecular weight excluding hydrogens is 492 g/mol. The molecule has 1 unspecified atom stereocenters. The van der Waals surface area contributed by atoms with Gasteiger partial charge in [0, 0.05) is 22.6 Å². The maximum absolute atomic E-state index is 13.4. The number of amides is 2. The average Bonchev–Trinajstić information content (AvgIpc) is 2.70. The molecule has 11 heteroatoms. The van der Waals surface area contributed by atoms with Gasteiger partial charge in [0.05, 0.1) is 11.9 Å². The van der Waals surface area contributed by atoms with E-state index in [0.29, 0.717) is 15.6 Å². The van der Waals surface area contributed by atoms with Crippen molar-refractivity contribution in [1.82, 2.24) is 10.2 Å². The Hall–Kier alpha value is -2.36. The van der Waals surface area contributed by atoms with Crippen LogP contribution in [-0.2, 0) is 26.2 Å². The summed E-state index contributed by atoms with van der Waals surface area (Å²) in [6.07, 6.45) is 0.943. The van der Waals surface area contributed by atoms with Crippen LogP contribution in [0.25, 0.3) is 0 Å². The zero-order valence-corrected chi connectivity index (χ0v) is 21.0. The molecule has 0 radical (unpaired) electrons. The minimum atomic E-state index is -3.89. The molecule has 180 valence electrons. The molecule has 1 atom stereocenters. The molecule has 2 aromatic rings. The van der Waals surface area contributed by atoms with Crippen molar-refractivity contribution in [2.75, 3.05) is 17.1 Å². The number of nitrogens with zero attached hydrogens (tertiary/aromatic N) is 2. The summed E-state index contributed by atoms with van der Waals surface area (Å²) < 4.78 is 39.0. The van der Waals surface area contributed by atoms with Crippen molar-refractivity contribution >= 4 is 50.7 Å². The van der Waals surface area contributed by atoms with Crippen LogP contribution in [-0.4, -0.2) is 50.0 Å². The molecule has 2 amide bonds. The lowest BCUT2D eigenvalue weighted by atomic mass is 10.1. The predicted octanol–water partition coefficient (Wildman–Crippen LogP) is 3.84. The lowest BCUT2D eigenvalue weighted by Gasteiger charge is -2.32. The first-order valence-corrected chi connectivity index (χ1v) is 12.7. The van der Waals surface area contributed by atoms with Crippen LogP contribution in [0.3, 0.4) is 0 Å². The Labute approximate surface area is 203 Å². The summed E-state index contributed by atoms with van der Waals surface area (Å²) in [5.74, 6) is -1.59. The Balaban J connectivity index is 2.41. The highest BCUT2D eigenvalue weighted by Crippen LogP contribution is 2.24. The number of sulfonamides is 1. The van der Waals surface area contributed by atoms with Crippen LogP contribution >= 0.6 is 23.2 Å². The van der Waals surface area contributed by atoms with Gasteiger partial charge in [-0.2, -0.15) is 0 Å². The Bertz CT molecular complexity index is 1110. The average molecular weight is 518 g/mol. The zero-order valence-electron chi connectivity index (χ0n) is 18.7. The van der Waals surface area contributed by atoms with E-state index in [-0.39, 0.29) is 18.3 Å². The Morgan fingerprint density at radius 2 is 1.67 bits per heavy atom. The topological polar surface area (TPSA) is 86.8 Å². The van der Waals surface area contributed by atoms with Crippen molar-refractivity contribution in [2.24, 2.45) is 0 Å². The molecule has 0 fully saturated rings. The minimum absolute atomic E-state index is 0.0530. The molecular formula is C22H26Cl2FN3O4S. The van der Waals surface area contributed by atoms with Gasteiger partial charge in [-0.25, -0.2) is 12.8 Å². The van der Waals surface area contributed by atoms with Gasteiger partial charge in [-0.1, -0.05) is 29.3 Å². The van der Waals surface area contributed by atoms with Crippen LogP contribution in [0.4, 0.5) is 10.1 Å². The fourth-order valence-corrected chi connectivity index (χ4v) is 4.36. The summed E-state index contributed by atoms with van der Waals surface area (Å²) >= 11 is 12.2. The maximum Gasteiger partial charge on any atom is 0.244 e. The Morgan fingerprint density at radius 3 is 2.18 bits per heavy atom. The van der Waals surface area contributed by atoms with E-state index < -0.39 is 40.2 Å². The van der Waals surface area contributed by atoms with Gasteiger partial charge in [0.15, 0.2) is 0 Å². The smallest absolute Gasteiger partial charge is 0.244 e. The monoisotopic (exact) mass is 517 g/mol. The summed E-state index contributed by atoms with van der Waals surface area (Å²) in [5, 5.41) is 3.46. The fourth-order valence-electron chi connectivity index (χ4n) is 3.04. The number of carbonyl (C=O) groups excluding carboxylic acids is 2. The van der Waals surface area contributed by atoms with Gasteiger partial charge in [0.25, 0.3) is 0 Å². The van der Waals surface area contributed by atoms with Gasteiger partial charge in [-0.15, -0.1) is 0 Å². The number of rotatable bonds is 9. The van der Waals surface area contributed by atoms with E-state index in [9.17, 15) is 22.4 Å². The SMILES string of the molecule is CC(C)NC(=O)C(C)N(Cc1ccc(Cl)cc1Cl)C(=O)CN(c1ccc(F)cc1)S(C)(=O)=O. The molecule has 0 aliphatic heterocycles. The summed E-state index contributed by atoms with van der Waals surface area (Å²) in [4.78, 5) is 27.3. The molecule has 1 N–H and O–H groups in total. The highest BCUT2D eigenvalue weighted by Gasteiger charge is 2.30. The lowest BCUT2D eigenvalue weighted by Crippen LogP contribution is -2.52. The number of halogens is 3. The molecule has 0 saturated carbocycles. The van der Waals surface area contributed by atoms with E-state index in [2.05, 4.69) is 5.32 Å². The summed E-state index contributed by atoms with van der Waals surface area (Å²) in [6, 6.07) is 8.38. The molecule has 0 spiro atoms. The van der Waals surface area contributed by atoms with Crippen molar-refractivity contribution in [3.63, 3.8) is 0 Å². The van der Waals surface area contributed by atoms with E-state index in [4.69, 9.17) is 23.2 Å². The number of benzene rings is 2. The second-order valence-corrected chi connectivity index (χ2v) is 10.6. The standard InChI is InChI=1S/C22H26Cl2FN3O4S/c1-14(2)26-22(30)15(3)27(12-16-5-6-17(23)11-20(16)24)21(29)13-28(33(4,31)32)19-9-7-18(25)8-10-19/h5-11,14-15H,12-13H2,1-4H3,(H,26,30). The number of carbonyl (C=O) groups is 2. The van der Waals surface area contributed by atoms with Gasteiger partial charge >= 0.3 is 0 Å². The zero-order chi connectivity index (χ0) is 24.9. The summed E-state index contributed by atoms with van der Waals surface area (Å²) in [6.45, 7) is 4.47. The van der Waals surface area contributed by atoms with Gasteiger partial charge in [-0.05, 0) is 62.7 Å². The number of hydrogen-bond acceptors (Lipinski definition) is 4. The predicted molar refractivity (Wildman–Crippen MR) is 128 cm³/mol. The van der Waals surface area contributed by atoms with Crippen LogP contribution in [0.15, 0.2) is 42.5 Å². The van der Waals surface area contributed by atoms with Crippen molar-refractivity contribution in [3.05, 3.63) is 63.9 Å². The highest BCUT2D eigenvalue weighted by molar-refractivity contribution is 7.92. The molecule has 0 aliphatic carbocycles. The van der Waals surface area contributed by atoms with E-state index in [0.717, 1.165) is 22.7 Å². The third-order valence-corrected chi connectivity index (χ3v) is 6.48. The van der Waals surface area contributed by atoms with E-state index in [1.165, 1.54) is 23.1 Å². The van der Waals surface area contributed by atoms with Crippen LogP contribution in [0.2, 0.25) is 10.0 Å². The third-order valence-electron chi connectivity index (χ3n) is 4.75. The molecule has 0 heterocycles. The third kappa shape index (κ3) is 7.58. The van der Waals surface area contributed by atoms with Gasteiger partial charge < -0.3 is 10.2 Å². The van der Waals surface area contributed by atoms with Gasteiger partial charge in [-0.3, -0.25) is 13.9 Å². The van der Waals surface area contributed by atoms with E-state index >= 15 is 0 Å². The molecule has 2 rings (SSSR count). The number of nitrogens with one attached hydrogen (secondary N) is 1. The van der Waals surface area contributed by atoms with Gasteiger partial charge in [0.2, 0.25) is 21.8 Å². The molecule has 2 aromatic carbocycles. The second-order valence-electron chi connectivity index (χ2n) is 7.84. The van der Waals surface area contributed by atoms with Crippen LogP contribution in [0.5, 0.6) is 0 Å². The highest BCUT2D eigenvalue weighted by atomic mass is 35.5. The van der Waals surface area contributed by atoms with Gasteiger partial charge in [0.1, 0.15) is 18.4 Å². The first-order valence-electron chi connectivity index (χ1n) is 10.1. The van der Waals surface area contributed by atoms with Crippen LogP contribution in [0, 0.1) is 5.82 Å². The lowest BCUT2D eigenvalue weighted by molar-refractivity contribution is -0.139. The van der Waals surface area contributed by atoms with Crippen LogP contribution in [0.1, 0.15) is 26.3 Å². The number of anilines is 1. The maximum atomic E-state index is 13.4. The molecule has 0 saturated heterocycles. The molecule has 0 aliphatic rings. The van der Waals surface area contributed by atoms with Crippen LogP contribution < -0.4 is 9.62 Å². The normalized spacial score (nSPS) is 12.4. The van der Waals surface area contributed by atoms with Crippen molar-refractivity contribution in [2.45, 2.75) is 39.4 Å². The molecule has 0 bridgehead atoms. The Kier molecular flexibility index (Phi) is 9.11. The van der Waals surface area contributed by atoms with Crippen molar-refractivity contribution in [1.29, 1.82) is 0 Å². The molecule has 7 nitrogen and oxygen atoms in total. The van der Waals surface area contributed by atoms with Crippen molar-refractivity contribution < 1.29 is 22.4 Å². The second kappa shape index (κ2) is 11.2. The fraction of sp³-hybridized carbons (Fsp3) is 0.364. The number of hydrogen-bond donors (Lipinski definition) is 1. The first kappa shape index (κ1) is 26.9. The largest absolute Gasteiger partial charge is 0.352 e. The molecule has 33 heavy (non-hydrogen) atoms. The van der Waals surface area contributed by atoms with Crippen molar-refractivity contribution in [3.8, 4) is 0 Å². The minimum Gasteiger partial charge on any atom is -0.352 e. The quantitative estimate of drug-likeness (QED) is 0.547. The van der Waals surface area contributed by atoms with E-state index in [1.54, 1.807) is 32.9 Å². The first-order chi connectivity index (χ1) is 15.3. The van der Waals surface area contributed by atoms with E-state index in [1.807, 2.05) is 0 Å². The summed E-state index contributed by atoms with van der Waals surface area (Å²) in [7, 11) is -3.89. The molecule has 0 aromatic heterocycles.